The Morgan fingerprint density at radius 1 is 1.23 bits per heavy atom. The van der Waals surface area contributed by atoms with Gasteiger partial charge in [0.2, 0.25) is 0 Å². The van der Waals surface area contributed by atoms with Gasteiger partial charge < -0.3 is 15.0 Å². The standard InChI is InChI=1S/C19H28O2.C3H6O2/c1-18-11-9-16-14(15(18)7-8-17(18)21)6-5-13-4-2-3-10-19(13,16)12-20;1-2-3(4)5/h4,12,14-17,21H,2-3,5-11H2,1H3;2H2,1H3,(H,4,5)/t14-,15-,16-,17-,18-,19+;/m0./s1. The van der Waals surface area contributed by atoms with E-state index in [9.17, 15) is 14.7 Å². The Morgan fingerprint density at radius 3 is 2.62 bits per heavy atom. The van der Waals surface area contributed by atoms with Crippen LogP contribution in [0.2, 0.25) is 0 Å². The predicted octanol–water partition coefficient (Wildman–Crippen LogP) is 4.36. The van der Waals surface area contributed by atoms with Gasteiger partial charge in [-0.3, -0.25) is 4.79 Å². The van der Waals surface area contributed by atoms with E-state index in [1.54, 1.807) is 6.92 Å². The lowest BCUT2D eigenvalue weighted by Gasteiger charge is -2.57. The van der Waals surface area contributed by atoms with Gasteiger partial charge >= 0.3 is 5.97 Å². The van der Waals surface area contributed by atoms with Crippen molar-refractivity contribution in [2.75, 3.05) is 0 Å². The zero-order chi connectivity index (χ0) is 18.9. The maximum absolute atomic E-state index is 12.1. The maximum Gasteiger partial charge on any atom is 0.303 e. The molecule has 146 valence electrons. The number of hydrogen-bond acceptors (Lipinski definition) is 3. The summed E-state index contributed by atoms with van der Waals surface area (Å²) in [6.07, 6.45) is 14.0. The first-order valence-electron chi connectivity index (χ1n) is 10.4. The van der Waals surface area contributed by atoms with Gasteiger partial charge in [-0.25, -0.2) is 0 Å². The zero-order valence-corrected chi connectivity index (χ0v) is 16.2. The molecule has 0 amide bonds. The van der Waals surface area contributed by atoms with Crippen molar-refractivity contribution >= 4 is 12.3 Å². The molecule has 4 aliphatic rings. The van der Waals surface area contributed by atoms with Crippen molar-refractivity contribution in [3.05, 3.63) is 11.6 Å². The van der Waals surface area contributed by atoms with E-state index in [1.165, 1.54) is 37.5 Å². The van der Waals surface area contributed by atoms with E-state index in [-0.39, 0.29) is 23.4 Å². The van der Waals surface area contributed by atoms with Gasteiger partial charge in [0.1, 0.15) is 6.29 Å². The molecule has 0 heterocycles. The van der Waals surface area contributed by atoms with Gasteiger partial charge in [0.15, 0.2) is 0 Å². The summed E-state index contributed by atoms with van der Waals surface area (Å²) in [4.78, 5) is 21.5. The molecule has 0 radical (unpaired) electrons. The fraction of sp³-hybridized carbons (Fsp3) is 0.818. The number of aldehydes is 1. The number of rotatable bonds is 2. The summed E-state index contributed by atoms with van der Waals surface area (Å²) in [5, 5.41) is 18.2. The zero-order valence-electron chi connectivity index (χ0n) is 16.2. The van der Waals surface area contributed by atoms with E-state index >= 15 is 0 Å². The van der Waals surface area contributed by atoms with Crippen LogP contribution >= 0.6 is 0 Å². The molecular weight excluding hydrogens is 328 g/mol. The smallest absolute Gasteiger partial charge is 0.303 e. The highest BCUT2D eigenvalue weighted by Gasteiger charge is 2.59. The number of aliphatic carboxylic acids is 1. The van der Waals surface area contributed by atoms with Gasteiger partial charge in [-0.15, -0.1) is 0 Å². The molecule has 0 bridgehead atoms. The van der Waals surface area contributed by atoms with Crippen molar-refractivity contribution in [1.29, 1.82) is 0 Å². The number of allylic oxidation sites excluding steroid dienone is 2. The van der Waals surface area contributed by atoms with Crippen molar-refractivity contribution in [1.82, 2.24) is 0 Å². The average molecular weight is 363 g/mol. The van der Waals surface area contributed by atoms with Gasteiger partial charge in [0, 0.05) is 11.8 Å². The number of carbonyl (C=O) groups is 2. The van der Waals surface area contributed by atoms with Crippen LogP contribution < -0.4 is 0 Å². The fourth-order valence-corrected chi connectivity index (χ4v) is 6.63. The molecule has 3 saturated carbocycles. The van der Waals surface area contributed by atoms with Crippen LogP contribution in [0, 0.1) is 28.6 Å². The first kappa shape index (κ1) is 19.6. The number of fused-ring (bicyclic) bond motifs is 5. The molecule has 26 heavy (non-hydrogen) atoms. The Morgan fingerprint density at radius 2 is 1.96 bits per heavy atom. The Kier molecular flexibility index (Phi) is 5.62. The number of aliphatic hydroxyl groups excluding tert-OH is 1. The average Bonchev–Trinajstić information content (AvgIpc) is 2.96. The van der Waals surface area contributed by atoms with Crippen LogP contribution in [0.5, 0.6) is 0 Å². The number of carboxylic acids is 1. The number of aliphatic hydroxyl groups is 1. The van der Waals surface area contributed by atoms with Crippen molar-refractivity contribution in [2.24, 2.45) is 28.6 Å². The molecule has 0 aromatic heterocycles. The number of hydrogen-bond donors (Lipinski definition) is 2. The molecule has 4 heteroatoms. The molecule has 0 aromatic rings. The minimum Gasteiger partial charge on any atom is -0.481 e. The minimum absolute atomic E-state index is 0.112. The molecule has 2 N–H and O–H groups in total. The van der Waals surface area contributed by atoms with E-state index in [0.29, 0.717) is 17.8 Å². The molecule has 4 rings (SSSR count). The summed E-state index contributed by atoms with van der Waals surface area (Å²) in [6, 6.07) is 0. The van der Waals surface area contributed by atoms with E-state index in [2.05, 4.69) is 13.0 Å². The second-order valence-corrected chi connectivity index (χ2v) is 9.08. The summed E-state index contributed by atoms with van der Waals surface area (Å²) in [5.41, 5.74) is 1.46. The van der Waals surface area contributed by atoms with Crippen molar-refractivity contribution in [2.45, 2.75) is 84.2 Å². The fourth-order valence-electron chi connectivity index (χ4n) is 6.63. The third-order valence-electron chi connectivity index (χ3n) is 8.09. The predicted molar refractivity (Wildman–Crippen MR) is 101 cm³/mol. The van der Waals surface area contributed by atoms with Crippen LogP contribution in [0.25, 0.3) is 0 Å². The third-order valence-corrected chi connectivity index (χ3v) is 8.09. The van der Waals surface area contributed by atoms with Crippen LogP contribution in [0.4, 0.5) is 0 Å². The van der Waals surface area contributed by atoms with Crippen LogP contribution in [0.15, 0.2) is 11.6 Å². The third kappa shape index (κ3) is 3.04. The lowest BCUT2D eigenvalue weighted by Crippen LogP contribution is -2.52. The van der Waals surface area contributed by atoms with Crippen molar-refractivity contribution in [3.63, 3.8) is 0 Å². The Labute approximate surface area is 157 Å². The Hall–Kier alpha value is -1.16. The van der Waals surface area contributed by atoms with Gasteiger partial charge in [-0.2, -0.15) is 0 Å². The summed E-state index contributed by atoms with van der Waals surface area (Å²) >= 11 is 0. The summed E-state index contributed by atoms with van der Waals surface area (Å²) in [7, 11) is 0. The van der Waals surface area contributed by atoms with Crippen LogP contribution in [-0.4, -0.2) is 28.6 Å². The maximum atomic E-state index is 12.1. The van der Waals surface area contributed by atoms with E-state index < -0.39 is 5.97 Å². The van der Waals surface area contributed by atoms with Gasteiger partial charge in [0.05, 0.1) is 6.10 Å². The molecule has 6 atom stereocenters. The highest BCUT2D eigenvalue weighted by molar-refractivity contribution is 5.67. The van der Waals surface area contributed by atoms with E-state index in [1.807, 2.05) is 0 Å². The van der Waals surface area contributed by atoms with Gasteiger partial charge in [0.25, 0.3) is 0 Å². The summed E-state index contributed by atoms with van der Waals surface area (Å²) in [5.74, 6) is 1.12. The number of carboxylic acid groups (broad SMARTS) is 1. The molecule has 3 fully saturated rings. The normalized spacial score (nSPS) is 43.7. The van der Waals surface area contributed by atoms with Crippen LogP contribution in [-0.2, 0) is 9.59 Å². The summed E-state index contributed by atoms with van der Waals surface area (Å²) < 4.78 is 0. The topological polar surface area (TPSA) is 74.6 Å². The van der Waals surface area contributed by atoms with Crippen molar-refractivity contribution < 1.29 is 19.8 Å². The molecule has 4 nitrogen and oxygen atoms in total. The molecule has 4 aliphatic carbocycles. The minimum atomic E-state index is -0.745. The second-order valence-electron chi connectivity index (χ2n) is 9.08. The van der Waals surface area contributed by atoms with Crippen LogP contribution in [0.3, 0.4) is 0 Å². The molecule has 0 spiro atoms. The molecule has 0 aromatic carbocycles. The second kappa shape index (κ2) is 7.46. The van der Waals surface area contributed by atoms with Crippen molar-refractivity contribution in [3.8, 4) is 0 Å². The number of carbonyl (C=O) groups excluding carboxylic acids is 1. The van der Waals surface area contributed by atoms with Gasteiger partial charge in [-0.1, -0.05) is 25.5 Å². The Bertz CT molecular complexity index is 583. The highest BCUT2D eigenvalue weighted by Crippen LogP contribution is 2.64. The van der Waals surface area contributed by atoms with E-state index in [0.717, 1.165) is 32.1 Å². The summed E-state index contributed by atoms with van der Waals surface area (Å²) in [6.45, 7) is 3.91. The van der Waals surface area contributed by atoms with Gasteiger partial charge in [-0.05, 0) is 81.0 Å². The largest absolute Gasteiger partial charge is 0.481 e. The molecule has 0 aliphatic heterocycles. The molecule has 0 unspecified atom stereocenters. The highest BCUT2D eigenvalue weighted by atomic mass is 16.4. The van der Waals surface area contributed by atoms with Crippen LogP contribution in [0.1, 0.15) is 78.1 Å². The lowest BCUT2D eigenvalue weighted by atomic mass is 9.47. The monoisotopic (exact) mass is 362 g/mol. The van der Waals surface area contributed by atoms with E-state index in [4.69, 9.17) is 5.11 Å². The molecule has 0 saturated heterocycles. The SMILES string of the molecule is CCC(=O)O.C[C@]12CC[C@H]3[C@@H](CCC4=CCCC[C@@]43C=O)[C@@H]1CC[C@@H]2O. The lowest BCUT2D eigenvalue weighted by molar-refractivity contribution is -0.136. The first-order valence-corrected chi connectivity index (χ1v) is 10.4. The Balaban J connectivity index is 0.000000349. The first-order chi connectivity index (χ1) is 12.4. The molecular formula is C22H34O4. The quantitative estimate of drug-likeness (QED) is 0.565.